The van der Waals surface area contributed by atoms with Gasteiger partial charge >= 0.3 is 0 Å². The number of halogens is 2. The van der Waals surface area contributed by atoms with Gasteiger partial charge in [0.1, 0.15) is 5.75 Å². The van der Waals surface area contributed by atoms with Gasteiger partial charge < -0.3 is 4.74 Å². The zero-order chi connectivity index (χ0) is 13.1. The minimum atomic E-state index is 0.458. The van der Waals surface area contributed by atoms with Gasteiger partial charge in [-0.15, -0.1) is 11.6 Å². The molecular weight excluding hydrogens is 269 g/mol. The van der Waals surface area contributed by atoms with Gasteiger partial charge in [-0.3, -0.25) is 0 Å². The number of aryl methyl sites for hydroxylation is 2. The summed E-state index contributed by atoms with van der Waals surface area (Å²) in [6.45, 7) is 3.85. The molecule has 0 amide bonds. The Morgan fingerprint density at radius 2 is 1.94 bits per heavy atom. The highest BCUT2D eigenvalue weighted by Gasteiger charge is 2.04. The molecule has 0 spiro atoms. The van der Waals surface area contributed by atoms with Gasteiger partial charge in [0, 0.05) is 22.7 Å². The third-order valence-electron chi connectivity index (χ3n) is 2.67. The van der Waals surface area contributed by atoms with Crippen LogP contribution in [0.4, 0.5) is 0 Å². The number of rotatable bonds is 3. The molecule has 0 aliphatic carbocycles. The smallest absolute Gasteiger partial charge is 0.219 e. The molecule has 0 unspecified atom stereocenters. The normalized spacial score (nSPS) is 10.4. The van der Waals surface area contributed by atoms with Crippen molar-refractivity contribution in [1.29, 1.82) is 0 Å². The topological polar surface area (TPSA) is 22.1 Å². The number of benzene rings is 1. The van der Waals surface area contributed by atoms with E-state index in [4.69, 9.17) is 27.9 Å². The van der Waals surface area contributed by atoms with Crippen LogP contribution >= 0.6 is 23.2 Å². The molecule has 94 valence electrons. The molecular formula is C14H13Cl2NO. The number of pyridine rings is 1. The van der Waals surface area contributed by atoms with Gasteiger partial charge in [0.05, 0.1) is 0 Å². The van der Waals surface area contributed by atoms with E-state index in [0.717, 1.165) is 27.6 Å². The predicted octanol–water partition coefficient (Wildman–Crippen LogP) is 4.88. The number of nitrogens with zero attached hydrogens (tertiary/aromatic N) is 1. The molecule has 0 atom stereocenters. The lowest BCUT2D eigenvalue weighted by atomic mass is 10.2. The van der Waals surface area contributed by atoms with Gasteiger partial charge in [0.15, 0.2) is 0 Å². The lowest BCUT2D eigenvalue weighted by molar-refractivity contribution is 0.461. The molecule has 1 aromatic carbocycles. The van der Waals surface area contributed by atoms with Gasteiger partial charge in [-0.2, -0.15) is 0 Å². The van der Waals surface area contributed by atoms with E-state index in [9.17, 15) is 0 Å². The highest BCUT2D eigenvalue weighted by atomic mass is 35.5. The molecule has 0 N–H and O–H groups in total. The minimum Gasteiger partial charge on any atom is -0.439 e. The SMILES string of the molecule is Cc1cc(Oc2ccc(CCl)c(C)n2)ccc1Cl. The summed E-state index contributed by atoms with van der Waals surface area (Å²) in [5, 5.41) is 0.726. The first-order valence-electron chi connectivity index (χ1n) is 5.56. The van der Waals surface area contributed by atoms with E-state index in [0.29, 0.717) is 11.8 Å². The molecule has 18 heavy (non-hydrogen) atoms. The van der Waals surface area contributed by atoms with Crippen LogP contribution in [-0.2, 0) is 5.88 Å². The van der Waals surface area contributed by atoms with Crippen molar-refractivity contribution in [1.82, 2.24) is 4.98 Å². The van der Waals surface area contributed by atoms with E-state index in [-0.39, 0.29) is 0 Å². The Hall–Kier alpha value is -1.25. The van der Waals surface area contributed by atoms with Gasteiger partial charge in [-0.05, 0) is 43.2 Å². The van der Waals surface area contributed by atoms with Crippen molar-refractivity contribution >= 4 is 23.2 Å². The van der Waals surface area contributed by atoms with E-state index < -0.39 is 0 Å². The van der Waals surface area contributed by atoms with Crippen LogP contribution in [0.25, 0.3) is 0 Å². The first-order chi connectivity index (χ1) is 8.60. The van der Waals surface area contributed by atoms with Crippen molar-refractivity contribution in [2.75, 3.05) is 0 Å². The van der Waals surface area contributed by atoms with E-state index in [1.165, 1.54) is 0 Å². The highest BCUT2D eigenvalue weighted by Crippen LogP contribution is 2.25. The second-order valence-corrected chi connectivity index (χ2v) is 4.72. The molecule has 2 rings (SSSR count). The Morgan fingerprint density at radius 3 is 2.56 bits per heavy atom. The van der Waals surface area contributed by atoms with Crippen molar-refractivity contribution in [2.45, 2.75) is 19.7 Å². The standard InChI is InChI=1S/C14H13Cl2NO/c1-9-7-12(4-5-13(9)16)18-14-6-3-11(8-15)10(2)17-14/h3-7H,8H2,1-2H3. The van der Waals surface area contributed by atoms with Crippen LogP contribution in [0.3, 0.4) is 0 Å². The maximum atomic E-state index is 5.96. The van der Waals surface area contributed by atoms with Crippen LogP contribution in [0.15, 0.2) is 30.3 Å². The van der Waals surface area contributed by atoms with Crippen molar-refractivity contribution in [3.05, 3.63) is 52.2 Å². The third-order valence-corrected chi connectivity index (χ3v) is 3.38. The number of aromatic nitrogens is 1. The zero-order valence-corrected chi connectivity index (χ0v) is 11.7. The first-order valence-corrected chi connectivity index (χ1v) is 6.48. The fraction of sp³-hybridized carbons (Fsp3) is 0.214. The first kappa shape index (κ1) is 13.2. The molecule has 0 radical (unpaired) electrons. The monoisotopic (exact) mass is 281 g/mol. The maximum Gasteiger partial charge on any atom is 0.219 e. The molecule has 0 saturated carbocycles. The molecule has 2 nitrogen and oxygen atoms in total. The van der Waals surface area contributed by atoms with Crippen LogP contribution in [0.1, 0.15) is 16.8 Å². The zero-order valence-electron chi connectivity index (χ0n) is 10.2. The molecule has 1 heterocycles. The molecule has 1 aromatic heterocycles. The fourth-order valence-electron chi connectivity index (χ4n) is 1.57. The number of alkyl halides is 1. The quantitative estimate of drug-likeness (QED) is 0.748. The van der Waals surface area contributed by atoms with E-state index >= 15 is 0 Å². The molecule has 0 saturated heterocycles. The summed E-state index contributed by atoms with van der Waals surface area (Å²) in [7, 11) is 0. The van der Waals surface area contributed by atoms with E-state index in [1.807, 2.05) is 44.2 Å². The molecule has 0 fully saturated rings. The number of hydrogen-bond donors (Lipinski definition) is 0. The number of hydrogen-bond acceptors (Lipinski definition) is 2. The Labute approximate surface area is 117 Å². The van der Waals surface area contributed by atoms with Gasteiger partial charge in [-0.25, -0.2) is 4.98 Å². The molecule has 0 aliphatic heterocycles. The van der Waals surface area contributed by atoms with Crippen LogP contribution in [-0.4, -0.2) is 4.98 Å². The Morgan fingerprint density at radius 1 is 1.17 bits per heavy atom. The van der Waals surface area contributed by atoms with Crippen LogP contribution < -0.4 is 4.74 Å². The summed E-state index contributed by atoms with van der Waals surface area (Å²) in [6.07, 6.45) is 0. The summed E-state index contributed by atoms with van der Waals surface area (Å²) >= 11 is 11.8. The molecule has 2 aromatic rings. The Balaban J connectivity index is 2.23. The Bertz CT molecular complexity index is 570. The summed E-state index contributed by atoms with van der Waals surface area (Å²) < 4.78 is 5.68. The van der Waals surface area contributed by atoms with Crippen molar-refractivity contribution in [2.24, 2.45) is 0 Å². The molecule has 4 heteroatoms. The second-order valence-electron chi connectivity index (χ2n) is 4.04. The lowest BCUT2D eigenvalue weighted by Gasteiger charge is -2.08. The van der Waals surface area contributed by atoms with Gasteiger partial charge in [0.25, 0.3) is 0 Å². The molecule has 0 bridgehead atoms. The summed E-state index contributed by atoms with van der Waals surface area (Å²) in [5.41, 5.74) is 2.87. The minimum absolute atomic E-state index is 0.458. The van der Waals surface area contributed by atoms with E-state index in [2.05, 4.69) is 4.98 Å². The highest BCUT2D eigenvalue weighted by molar-refractivity contribution is 6.31. The van der Waals surface area contributed by atoms with Crippen molar-refractivity contribution < 1.29 is 4.74 Å². The van der Waals surface area contributed by atoms with Crippen molar-refractivity contribution in [3.8, 4) is 11.6 Å². The predicted molar refractivity (Wildman–Crippen MR) is 74.8 cm³/mol. The Kier molecular flexibility index (Phi) is 4.10. The molecule has 0 aliphatic rings. The third kappa shape index (κ3) is 2.95. The van der Waals surface area contributed by atoms with Crippen LogP contribution in [0.2, 0.25) is 5.02 Å². The van der Waals surface area contributed by atoms with Crippen LogP contribution in [0, 0.1) is 13.8 Å². The summed E-state index contributed by atoms with van der Waals surface area (Å²) in [4.78, 5) is 4.35. The lowest BCUT2D eigenvalue weighted by Crippen LogP contribution is -1.94. The average Bonchev–Trinajstić information content (AvgIpc) is 2.34. The number of ether oxygens (including phenoxy) is 1. The fourth-order valence-corrected chi connectivity index (χ4v) is 1.97. The van der Waals surface area contributed by atoms with Crippen LogP contribution in [0.5, 0.6) is 11.6 Å². The average molecular weight is 282 g/mol. The maximum absolute atomic E-state index is 5.96. The van der Waals surface area contributed by atoms with Crippen molar-refractivity contribution in [3.63, 3.8) is 0 Å². The summed E-state index contributed by atoms with van der Waals surface area (Å²) in [6, 6.07) is 9.25. The van der Waals surface area contributed by atoms with Gasteiger partial charge in [-0.1, -0.05) is 17.7 Å². The van der Waals surface area contributed by atoms with E-state index in [1.54, 1.807) is 0 Å². The largest absolute Gasteiger partial charge is 0.439 e. The second kappa shape index (κ2) is 5.59. The van der Waals surface area contributed by atoms with Gasteiger partial charge in [0.2, 0.25) is 5.88 Å². The summed E-state index contributed by atoms with van der Waals surface area (Å²) in [5.74, 6) is 1.74.